The molecule has 1 amide bonds. The molecule has 6 heteroatoms. The predicted molar refractivity (Wildman–Crippen MR) is 53.9 cm³/mol. The monoisotopic (exact) mass is 226 g/mol. The Morgan fingerprint density at radius 3 is 2.88 bits per heavy atom. The number of aliphatic hydroxyl groups excluding tert-OH is 1. The van der Waals surface area contributed by atoms with Gasteiger partial charge in [-0.2, -0.15) is 0 Å². The Hall–Kier alpha value is -1.24. The highest BCUT2D eigenvalue weighted by molar-refractivity contribution is 6.12. The molecule has 0 aromatic heterocycles. The lowest BCUT2D eigenvalue weighted by Crippen LogP contribution is -2.52. The van der Waals surface area contributed by atoms with Crippen molar-refractivity contribution >= 4 is 11.7 Å². The van der Waals surface area contributed by atoms with Gasteiger partial charge in [0.1, 0.15) is 12.3 Å². The van der Waals surface area contributed by atoms with E-state index in [1.165, 1.54) is 17.2 Å². The minimum absolute atomic E-state index is 0.0623. The highest BCUT2D eigenvalue weighted by Crippen LogP contribution is 2.24. The number of carbonyl (C=O) groups excluding carboxylic acids is 2. The molecule has 6 nitrogen and oxygen atoms in total. The van der Waals surface area contributed by atoms with Crippen molar-refractivity contribution < 1.29 is 19.4 Å². The Bertz CT molecular complexity index is 342. The number of ketones is 1. The van der Waals surface area contributed by atoms with E-state index < -0.39 is 24.0 Å². The normalized spacial score (nSPS) is 34.9. The Balaban J connectivity index is 2.08. The van der Waals surface area contributed by atoms with Gasteiger partial charge in [0.2, 0.25) is 0 Å². The van der Waals surface area contributed by atoms with E-state index in [9.17, 15) is 9.59 Å². The minimum atomic E-state index is -1.12. The fourth-order valence-electron chi connectivity index (χ4n) is 1.88. The third kappa shape index (κ3) is 1.87. The molecule has 3 atom stereocenters. The van der Waals surface area contributed by atoms with Crippen LogP contribution in [-0.4, -0.2) is 46.7 Å². The van der Waals surface area contributed by atoms with Crippen LogP contribution in [0.4, 0.5) is 0 Å². The summed E-state index contributed by atoms with van der Waals surface area (Å²) in [5.74, 6) is -0.839. The van der Waals surface area contributed by atoms with Crippen LogP contribution in [0.3, 0.4) is 0 Å². The van der Waals surface area contributed by atoms with Gasteiger partial charge in [0, 0.05) is 6.20 Å². The summed E-state index contributed by atoms with van der Waals surface area (Å²) in [6, 6.07) is -1.12. The number of nitrogens with zero attached hydrogens (tertiary/aromatic N) is 1. The second kappa shape index (κ2) is 4.32. The lowest BCUT2D eigenvalue weighted by atomic mass is 10.1. The van der Waals surface area contributed by atoms with Crippen LogP contribution in [0.1, 0.15) is 12.8 Å². The van der Waals surface area contributed by atoms with Crippen LogP contribution in [0, 0.1) is 0 Å². The highest BCUT2D eigenvalue weighted by atomic mass is 16.5. The van der Waals surface area contributed by atoms with Gasteiger partial charge in [0.05, 0.1) is 12.7 Å². The molecule has 0 aromatic carbocycles. The van der Waals surface area contributed by atoms with Crippen molar-refractivity contribution in [1.82, 2.24) is 4.90 Å². The quantitative estimate of drug-likeness (QED) is 0.573. The molecule has 0 aromatic rings. The van der Waals surface area contributed by atoms with Gasteiger partial charge in [-0.3, -0.25) is 14.5 Å². The van der Waals surface area contributed by atoms with Crippen LogP contribution in [-0.2, 0) is 14.3 Å². The zero-order chi connectivity index (χ0) is 11.7. The van der Waals surface area contributed by atoms with E-state index in [2.05, 4.69) is 0 Å². The summed E-state index contributed by atoms with van der Waals surface area (Å²) in [4.78, 5) is 24.2. The van der Waals surface area contributed by atoms with E-state index in [4.69, 9.17) is 15.6 Å². The van der Waals surface area contributed by atoms with Crippen molar-refractivity contribution in [2.45, 2.75) is 31.2 Å². The van der Waals surface area contributed by atoms with E-state index in [-0.39, 0.29) is 12.7 Å². The molecule has 0 aliphatic carbocycles. The number of hydrogen-bond acceptors (Lipinski definition) is 5. The molecular formula is C10H14N2O4. The lowest BCUT2D eigenvalue weighted by molar-refractivity contribution is -0.145. The maximum absolute atomic E-state index is 11.7. The van der Waals surface area contributed by atoms with Gasteiger partial charge in [0.25, 0.3) is 5.91 Å². The molecule has 1 unspecified atom stereocenters. The van der Waals surface area contributed by atoms with Crippen LogP contribution >= 0.6 is 0 Å². The first-order valence-corrected chi connectivity index (χ1v) is 5.19. The molecule has 2 aliphatic heterocycles. The smallest absolute Gasteiger partial charge is 0.253 e. The molecular weight excluding hydrogens is 212 g/mol. The number of nitrogens with two attached hydrogens (primary N) is 1. The Morgan fingerprint density at radius 2 is 2.25 bits per heavy atom. The van der Waals surface area contributed by atoms with Crippen molar-refractivity contribution in [3.05, 3.63) is 12.3 Å². The summed E-state index contributed by atoms with van der Waals surface area (Å²) < 4.78 is 5.44. The first kappa shape index (κ1) is 11.3. The fraction of sp³-hybridized carbons (Fsp3) is 0.600. The van der Waals surface area contributed by atoms with Crippen LogP contribution < -0.4 is 5.73 Å². The van der Waals surface area contributed by atoms with E-state index in [0.29, 0.717) is 12.8 Å². The van der Waals surface area contributed by atoms with E-state index in [0.717, 1.165) is 0 Å². The lowest BCUT2D eigenvalue weighted by Gasteiger charge is -2.29. The molecule has 1 fully saturated rings. The molecule has 2 rings (SSSR count). The SMILES string of the molecule is NC1C(=O)C=CN([C@H]2CC[C@@H](CO)O2)C1=O. The summed E-state index contributed by atoms with van der Waals surface area (Å²) in [5, 5.41) is 8.92. The molecule has 3 N–H and O–H groups in total. The Morgan fingerprint density at radius 1 is 1.50 bits per heavy atom. The maximum atomic E-state index is 11.7. The first-order valence-electron chi connectivity index (χ1n) is 5.19. The standard InChI is InChI=1S/C10H14N2O4/c11-9-7(14)3-4-12(10(9)15)8-2-1-6(5-13)16-8/h3-4,6,8-9,13H,1-2,5,11H2/t6-,8+,9?/m0/s1. The molecule has 16 heavy (non-hydrogen) atoms. The topological polar surface area (TPSA) is 92.9 Å². The van der Waals surface area contributed by atoms with Crippen LogP contribution in [0.5, 0.6) is 0 Å². The van der Waals surface area contributed by atoms with Gasteiger partial charge >= 0.3 is 0 Å². The number of carbonyl (C=O) groups is 2. The molecule has 0 radical (unpaired) electrons. The first-order chi connectivity index (χ1) is 7.63. The van der Waals surface area contributed by atoms with Gasteiger partial charge in [0.15, 0.2) is 5.78 Å². The van der Waals surface area contributed by atoms with Crippen molar-refractivity contribution in [3.8, 4) is 0 Å². The van der Waals surface area contributed by atoms with Gasteiger partial charge in [-0.15, -0.1) is 0 Å². The molecule has 0 bridgehead atoms. The van der Waals surface area contributed by atoms with Crippen molar-refractivity contribution in [2.75, 3.05) is 6.61 Å². The number of hydrogen-bond donors (Lipinski definition) is 2. The molecule has 0 saturated carbocycles. The Kier molecular flexibility index (Phi) is 3.04. The van der Waals surface area contributed by atoms with Crippen LogP contribution in [0.15, 0.2) is 12.3 Å². The summed E-state index contributed by atoms with van der Waals surface area (Å²) in [5.41, 5.74) is 5.45. The van der Waals surface area contributed by atoms with E-state index >= 15 is 0 Å². The molecule has 0 spiro atoms. The summed E-state index contributed by atoms with van der Waals surface area (Å²) >= 11 is 0. The second-order valence-electron chi connectivity index (χ2n) is 3.91. The summed E-state index contributed by atoms with van der Waals surface area (Å²) in [6.07, 6.45) is 3.37. The zero-order valence-electron chi connectivity index (χ0n) is 8.70. The number of rotatable bonds is 2. The average Bonchev–Trinajstić information content (AvgIpc) is 2.74. The maximum Gasteiger partial charge on any atom is 0.253 e. The third-order valence-electron chi connectivity index (χ3n) is 2.83. The average molecular weight is 226 g/mol. The minimum Gasteiger partial charge on any atom is -0.394 e. The predicted octanol–water partition coefficient (Wildman–Crippen LogP) is -1.26. The number of amides is 1. The van der Waals surface area contributed by atoms with Crippen molar-refractivity contribution in [3.63, 3.8) is 0 Å². The zero-order valence-corrected chi connectivity index (χ0v) is 8.70. The van der Waals surface area contributed by atoms with Gasteiger partial charge in [-0.25, -0.2) is 0 Å². The summed E-state index contributed by atoms with van der Waals surface area (Å²) in [6.45, 7) is -0.0623. The van der Waals surface area contributed by atoms with Crippen LogP contribution in [0.2, 0.25) is 0 Å². The summed E-state index contributed by atoms with van der Waals surface area (Å²) in [7, 11) is 0. The van der Waals surface area contributed by atoms with Gasteiger partial charge in [-0.05, 0) is 18.9 Å². The highest BCUT2D eigenvalue weighted by Gasteiger charge is 2.37. The number of ether oxygens (including phenoxy) is 1. The molecule has 2 heterocycles. The van der Waals surface area contributed by atoms with Gasteiger partial charge < -0.3 is 15.6 Å². The van der Waals surface area contributed by atoms with Gasteiger partial charge in [-0.1, -0.05) is 0 Å². The van der Waals surface area contributed by atoms with Crippen molar-refractivity contribution in [2.24, 2.45) is 5.73 Å². The fourth-order valence-corrected chi connectivity index (χ4v) is 1.88. The molecule has 1 saturated heterocycles. The third-order valence-corrected chi connectivity index (χ3v) is 2.83. The number of aliphatic hydroxyl groups is 1. The molecule has 88 valence electrons. The second-order valence-corrected chi connectivity index (χ2v) is 3.91. The Labute approximate surface area is 92.7 Å². The molecule has 2 aliphatic rings. The van der Waals surface area contributed by atoms with Crippen LogP contribution in [0.25, 0.3) is 0 Å². The van der Waals surface area contributed by atoms with E-state index in [1.54, 1.807) is 0 Å². The largest absolute Gasteiger partial charge is 0.394 e. The van der Waals surface area contributed by atoms with Crippen molar-refractivity contribution in [1.29, 1.82) is 0 Å². The van der Waals surface area contributed by atoms with E-state index in [1.807, 2.05) is 0 Å².